The predicted molar refractivity (Wildman–Crippen MR) is 199 cm³/mol. The molecule has 8 rings (SSSR count). The van der Waals surface area contributed by atoms with Crippen molar-refractivity contribution in [3.63, 3.8) is 0 Å². The zero-order valence-corrected chi connectivity index (χ0v) is 29.7. The van der Waals surface area contributed by atoms with E-state index in [1.54, 1.807) is 31.2 Å². The summed E-state index contributed by atoms with van der Waals surface area (Å²) in [5, 5.41) is 6.91. The van der Waals surface area contributed by atoms with Crippen molar-refractivity contribution in [1.29, 1.82) is 0 Å². The van der Waals surface area contributed by atoms with E-state index in [1.165, 1.54) is 10.6 Å². The first-order chi connectivity index (χ1) is 25.7. The Kier molecular flexibility index (Phi) is 10.0. The summed E-state index contributed by atoms with van der Waals surface area (Å²) in [5.41, 5.74) is 2.48. The van der Waals surface area contributed by atoms with Gasteiger partial charge in [-0.05, 0) is 38.1 Å². The van der Waals surface area contributed by atoms with E-state index in [9.17, 15) is 14.0 Å². The second kappa shape index (κ2) is 15.1. The Morgan fingerprint density at radius 1 is 0.642 bits per heavy atom. The van der Waals surface area contributed by atoms with Crippen LogP contribution in [-0.2, 0) is 13.2 Å². The molecule has 8 aromatic rings. The topological polar surface area (TPSA) is 145 Å². The van der Waals surface area contributed by atoms with Gasteiger partial charge in [0.25, 0.3) is 17.1 Å². The number of H-pyrrole nitrogens is 2. The van der Waals surface area contributed by atoms with Crippen LogP contribution in [0.3, 0.4) is 0 Å². The Bertz CT molecular complexity index is 2700. The molecule has 15 heteroatoms. The molecule has 0 amide bonds. The van der Waals surface area contributed by atoms with Crippen LogP contribution in [0.15, 0.2) is 113 Å². The zero-order chi connectivity index (χ0) is 37.1. The maximum atomic E-state index is 14.5. The van der Waals surface area contributed by atoms with Gasteiger partial charge in [-0.25, -0.2) is 9.97 Å². The van der Waals surface area contributed by atoms with Gasteiger partial charge in [0.15, 0.2) is 11.6 Å². The van der Waals surface area contributed by atoms with Crippen LogP contribution < -0.4 is 20.6 Å². The number of benzene rings is 4. The first-order valence-corrected chi connectivity index (χ1v) is 16.9. The number of rotatable bonds is 8. The fraction of sp³-hybridized carbons (Fsp3) is 0.105. The van der Waals surface area contributed by atoms with Crippen molar-refractivity contribution in [1.82, 2.24) is 39.2 Å². The molecule has 0 spiro atoms. The lowest BCUT2D eigenvalue weighted by Gasteiger charge is -2.09. The standard InChI is InChI=1S/C19H14ClFN4O2.C19H15ClN4O2/c1-11-13(20)8-5-9-15(11)27-10-14-16(21)18(26)25-19(22-14)23-17(24-25)12-6-3-2-4-7-12;1-12-15(20)8-5-9-16(12)26-11-14-10-17(25)24-19(21-14)22-18(23-24)13-6-3-2-4-7-13/h2-9H,10H2,1H3,(H,22,23,24);2-10H,11H2,1H3,(H,21,22,23). The highest BCUT2D eigenvalue weighted by Gasteiger charge is 2.17. The summed E-state index contributed by atoms with van der Waals surface area (Å²) in [7, 11) is 0. The fourth-order valence-corrected chi connectivity index (χ4v) is 5.60. The lowest BCUT2D eigenvalue weighted by molar-refractivity contribution is 0.291. The molecule has 0 aliphatic rings. The van der Waals surface area contributed by atoms with Crippen LogP contribution in [0.4, 0.5) is 4.39 Å². The molecule has 53 heavy (non-hydrogen) atoms. The molecule has 0 radical (unpaired) electrons. The van der Waals surface area contributed by atoms with Crippen molar-refractivity contribution >= 4 is 34.8 Å². The maximum absolute atomic E-state index is 14.5. The number of nitrogens with one attached hydrogen (secondary N) is 2. The molecule has 0 saturated heterocycles. The molecule has 0 aliphatic heterocycles. The highest BCUT2D eigenvalue weighted by molar-refractivity contribution is 6.31. The van der Waals surface area contributed by atoms with E-state index in [0.29, 0.717) is 44.7 Å². The summed E-state index contributed by atoms with van der Waals surface area (Å²) in [6.07, 6.45) is 0. The molecular formula is C38H29Cl2FN8O4. The molecule has 0 unspecified atom stereocenters. The summed E-state index contributed by atoms with van der Waals surface area (Å²) in [6.45, 7) is 3.61. The van der Waals surface area contributed by atoms with Gasteiger partial charge in [-0.2, -0.15) is 23.4 Å². The number of hydrogen-bond acceptors (Lipinski definition) is 8. The number of ether oxygens (including phenoxy) is 2. The minimum Gasteiger partial charge on any atom is -0.487 e. The van der Waals surface area contributed by atoms with Crippen LogP contribution in [-0.4, -0.2) is 39.2 Å². The number of fused-ring (bicyclic) bond motifs is 2. The smallest absolute Gasteiger partial charge is 0.310 e. The fourth-order valence-electron chi connectivity index (χ4n) is 5.27. The van der Waals surface area contributed by atoms with E-state index in [-0.39, 0.29) is 30.2 Å². The largest absolute Gasteiger partial charge is 0.487 e. The Hall–Kier alpha value is -6.31. The van der Waals surface area contributed by atoms with Gasteiger partial charge in [0, 0.05) is 38.4 Å². The van der Waals surface area contributed by atoms with E-state index in [1.807, 2.05) is 79.7 Å². The second-order valence-corrected chi connectivity index (χ2v) is 12.5. The minimum absolute atomic E-state index is 0.0710. The Balaban J connectivity index is 0.000000164. The molecule has 0 aliphatic carbocycles. The van der Waals surface area contributed by atoms with Crippen LogP contribution in [0.25, 0.3) is 34.3 Å². The van der Waals surface area contributed by atoms with Gasteiger partial charge >= 0.3 is 5.56 Å². The molecule has 0 atom stereocenters. The SMILES string of the molecule is Cc1c(Cl)cccc1OCc1cc(=O)n2[nH]c(-c3ccccc3)nc2n1.Cc1c(Cl)cccc1OCc1nc2nc(-c3ccccc3)[nH]n2c(=O)c1F. The molecule has 4 heterocycles. The van der Waals surface area contributed by atoms with Crippen molar-refractivity contribution in [3.05, 3.63) is 162 Å². The monoisotopic (exact) mass is 750 g/mol. The maximum Gasteiger partial charge on any atom is 0.310 e. The van der Waals surface area contributed by atoms with E-state index < -0.39 is 11.4 Å². The molecule has 4 aromatic heterocycles. The van der Waals surface area contributed by atoms with Crippen LogP contribution in [0.2, 0.25) is 10.0 Å². The summed E-state index contributed by atoms with van der Waals surface area (Å²) >= 11 is 12.2. The number of halogens is 3. The van der Waals surface area contributed by atoms with E-state index >= 15 is 0 Å². The molecule has 0 fully saturated rings. The second-order valence-electron chi connectivity index (χ2n) is 11.7. The van der Waals surface area contributed by atoms with Crippen LogP contribution in [0.1, 0.15) is 22.5 Å². The van der Waals surface area contributed by atoms with Crippen molar-refractivity contribution in [3.8, 4) is 34.3 Å². The first-order valence-electron chi connectivity index (χ1n) is 16.2. The van der Waals surface area contributed by atoms with Gasteiger partial charge in [0.1, 0.15) is 30.4 Å². The van der Waals surface area contributed by atoms with Crippen molar-refractivity contribution in [2.24, 2.45) is 0 Å². The Labute approximate surface area is 310 Å². The molecule has 4 aromatic carbocycles. The van der Waals surface area contributed by atoms with E-state index in [2.05, 4.69) is 30.1 Å². The lowest BCUT2D eigenvalue weighted by atomic mass is 10.2. The summed E-state index contributed by atoms with van der Waals surface area (Å²) < 4.78 is 28.1. The highest BCUT2D eigenvalue weighted by Crippen LogP contribution is 2.27. The lowest BCUT2D eigenvalue weighted by Crippen LogP contribution is -2.22. The molecule has 0 saturated carbocycles. The van der Waals surface area contributed by atoms with Crippen molar-refractivity contribution in [2.45, 2.75) is 27.1 Å². The van der Waals surface area contributed by atoms with Gasteiger partial charge < -0.3 is 9.47 Å². The quantitative estimate of drug-likeness (QED) is 0.164. The average molecular weight is 752 g/mol. The Morgan fingerprint density at radius 2 is 1.15 bits per heavy atom. The van der Waals surface area contributed by atoms with Crippen molar-refractivity contribution < 1.29 is 13.9 Å². The highest BCUT2D eigenvalue weighted by atomic mass is 35.5. The van der Waals surface area contributed by atoms with Gasteiger partial charge in [0.2, 0.25) is 5.82 Å². The number of aromatic amines is 2. The molecule has 266 valence electrons. The van der Waals surface area contributed by atoms with Gasteiger partial charge in [-0.1, -0.05) is 96.0 Å². The van der Waals surface area contributed by atoms with Crippen molar-refractivity contribution in [2.75, 3.05) is 0 Å². The third kappa shape index (κ3) is 7.52. The predicted octanol–water partition coefficient (Wildman–Crippen LogP) is 7.39. The van der Waals surface area contributed by atoms with Gasteiger partial charge in [-0.15, -0.1) is 0 Å². The minimum atomic E-state index is -0.990. The summed E-state index contributed by atoms with van der Waals surface area (Å²) in [4.78, 5) is 41.9. The molecule has 12 nitrogen and oxygen atoms in total. The third-order valence-electron chi connectivity index (χ3n) is 8.16. The molecule has 0 bridgehead atoms. The summed E-state index contributed by atoms with van der Waals surface area (Å²) in [6, 6.07) is 30.8. The normalized spacial score (nSPS) is 11.0. The number of nitrogens with zero attached hydrogens (tertiary/aromatic N) is 6. The van der Waals surface area contributed by atoms with Crippen LogP contribution in [0.5, 0.6) is 11.5 Å². The zero-order valence-electron chi connectivity index (χ0n) is 28.2. The van der Waals surface area contributed by atoms with Crippen LogP contribution >= 0.6 is 23.2 Å². The third-order valence-corrected chi connectivity index (χ3v) is 8.98. The average Bonchev–Trinajstić information content (AvgIpc) is 3.81. The van der Waals surface area contributed by atoms with E-state index in [0.717, 1.165) is 26.8 Å². The molecular weight excluding hydrogens is 722 g/mol. The Morgan fingerprint density at radius 3 is 1.72 bits per heavy atom. The molecule has 2 N–H and O–H groups in total. The van der Waals surface area contributed by atoms with Gasteiger partial charge in [0.05, 0.1) is 5.69 Å². The number of aromatic nitrogens is 8. The summed E-state index contributed by atoms with van der Waals surface area (Å²) in [5.74, 6) is 1.54. The van der Waals surface area contributed by atoms with Crippen LogP contribution in [0, 0.1) is 19.7 Å². The first kappa shape index (κ1) is 35.1. The number of hydrogen-bond donors (Lipinski definition) is 2. The van der Waals surface area contributed by atoms with Gasteiger partial charge in [-0.3, -0.25) is 19.8 Å². The van der Waals surface area contributed by atoms with E-state index in [4.69, 9.17) is 32.7 Å².